The summed E-state index contributed by atoms with van der Waals surface area (Å²) in [5.74, 6) is 1.34. The van der Waals surface area contributed by atoms with Crippen molar-refractivity contribution in [1.82, 2.24) is 5.32 Å². The highest BCUT2D eigenvalue weighted by atomic mass is 16.5. The molecule has 1 aliphatic heterocycles. The third-order valence-electron chi connectivity index (χ3n) is 3.86. The molecular weight excluding hydrogens is 336 g/mol. The Morgan fingerprint density at radius 3 is 2.85 bits per heavy atom. The Labute approximate surface area is 151 Å². The first-order chi connectivity index (χ1) is 12.6. The van der Waals surface area contributed by atoms with Gasteiger partial charge >= 0.3 is 0 Å². The van der Waals surface area contributed by atoms with Crippen LogP contribution in [-0.4, -0.2) is 32.1 Å². The smallest absolute Gasteiger partial charge is 0.262 e. The molecule has 0 unspecified atom stereocenters. The number of hydrogen-bond donors (Lipinski definition) is 2. The standard InChI is InChI=1S/C19H20N2O5/c1-3-25-16-6-4-12(8-17(16)24-2)10-20-19(23)13-5-7-15-14(9-13)21-18(22)11-26-15/h4-9H,3,10-11H2,1-2H3,(H,20,23)(H,21,22). The number of carbonyl (C=O) groups is 2. The first-order valence-corrected chi connectivity index (χ1v) is 8.25. The van der Waals surface area contributed by atoms with E-state index in [0.29, 0.717) is 41.7 Å². The number of hydrogen-bond acceptors (Lipinski definition) is 5. The first-order valence-electron chi connectivity index (χ1n) is 8.25. The van der Waals surface area contributed by atoms with Crippen molar-refractivity contribution < 1.29 is 23.8 Å². The number of ether oxygens (including phenoxy) is 3. The minimum Gasteiger partial charge on any atom is -0.493 e. The molecule has 2 amide bonds. The summed E-state index contributed by atoms with van der Waals surface area (Å²) in [7, 11) is 1.57. The zero-order chi connectivity index (χ0) is 18.5. The lowest BCUT2D eigenvalue weighted by Crippen LogP contribution is -2.27. The summed E-state index contributed by atoms with van der Waals surface area (Å²) >= 11 is 0. The van der Waals surface area contributed by atoms with Gasteiger partial charge in [0.05, 0.1) is 19.4 Å². The summed E-state index contributed by atoms with van der Waals surface area (Å²) in [6, 6.07) is 10.4. The number of nitrogens with one attached hydrogen (secondary N) is 2. The van der Waals surface area contributed by atoms with Gasteiger partial charge in [-0.3, -0.25) is 9.59 Å². The molecule has 2 N–H and O–H groups in total. The highest BCUT2D eigenvalue weighted by molar-refractivity contribution is 5.99. The fraction of sp³-hybridized carbons (Fsp3) is 0.263. The van der Waals surface area contributed by atoms with Crippen LogP contribution in [0.2, 0.25) is 0 Å². The molecule has 0 radical (unpaired) electrons. The van der Waals surface area contributed by atoms with Gasteiger partial charge in [-0.15, -0.1) is 0 Å². The molecule has 1 aliphatic rings. The molecule has 0 fully saturated rings. The fourth-order valence-corrected chi connectivity index (χ4v) is 2.61. The fourth-order valence-electron chi connectivity index (χ4n) is 2.61. The Morgan fingerprint density at radius 1 is 1.23 bits per heavy atom. The normalized spacial score (nSPS) is 12.5. The molecular formula is C19H20N2O5. The molecule has 0 atom stereocenters. The van der Waals surface area contributed by atoms with E-state index in [9.17, 15) is 9.59 Å². The van der Waals surface area contributed by atoms with Crippen LogP contribution in [-0.2, 0) is 11.3 Å². The molecule has 3 rings (SSSR count). The zero-order valence-corrected chi connectivity index (χ0v) is 14.6. The molecule has 1 heterocycles. The molecule has 0 aromatic heterocycles. The highest BCUT2D eigenvalue weighted by Crippen LogP contribution is 2.29. The molecule has 0 aliphatic carbocycles. The average molecular weight is 356 g/mol. The third kappa shape index (κ3) is 3.88. The van der Waals surface area contributed by atoms with Crippen molar-refractivity contribution in [3.05, 3.63) is 47.5 Å². The molecule has 0 bridgehead atoms. The minimum absolute atomic E-state index is 0.0158. The summed E-state index contributed by atoms with van der Waals surface area (Å²) in [5.41, 5.74) is 1.82. The van der Waals surface area contributed by atoms with Crippen molar-refractivity contribution in [1.29, 1.82) is 0 Å². The second-order valence-electron chi connectivity index (χ2n) is 5.65. The Kier molecular flexibility index (Phi) is 5.26. The molecule has 7 heteroatoms. The summed E-state index contributed by atoms with van der Waals surface area (Å²) < 4.78 is 16.1. The Balaban J connectivity index is 1.67. The van der Waals surface area contributed by atoms with E-state index in [1.807, 2.05) is 25.1 Å². The second kappa shape index (κ2) is 7.77. The van der Waals surface area contributed by atoms with Gasteiger partial charge in [-0.1, -0.05) is 6.07 Å². The van der Waals surface area contributed by atoms with E-state index in [1.165, 1.54) is 0 Å². The van der Waals surface area contributed by atoms with Gasteiger partial charge in [-0.25, -0.2) is 0 Å². The topological polar surface area (TPSA) is 85.9 Å². The Hall–Kier alpha value is -3.22. The molecule has 136 valence electrons. The van der Waals surface area contributed by atoms with Crippen molar-refractivity contribution in [3.63, 3.8) is 0 Å². The zero-order valence-electron chi connectivity index (χ0n) is 14.6. The molecule has 26 heavy (non-hydrogen) atoms. The van der Waals surface area contributed by atoms with E-state index >= 15 is 0 Å². The van der Waals surface area contributed by atoms with Crippen LogP contribution >= 0.6 is 0 Å². The van der Waals surface area contributed by atoms with Crippen LogP contribution in [0.25, 0.3) is 0 Å². The van der Waals surface area contributed by atoms with Crippen LogP contribution in [0, 0.1) is 0 Å². The van der Waals surface area contributed by atoms with E-state index in [-0.39, 0.29) is 18.4 Å². The van der Waals surface area contributed by atoms with Crippen molar-refractivity contribution >= 4 is 17.5 Å². The van der Waals surface area contributed by atoms with E-state index in [1.54, 1.807) is 25.3 Å². The maximum absolute atomic E-state index is 12.4. The number of benzene rings is 2. The number of amides is 2. The van der Waals surface area contributed by atoms with E-state index in [4.69, 9.17) is 14.2 Å². The van der Waals surface area contributed by atoms with Crippen LogP contribution in [0.4, 0.5) is 5.69 Å². The van der Waals surface area contributed by atoms with Gasteiger partial charge < -0.3 is 24.8 Å². The van der Waals surface area contributed by atoms with Crippen LogP contribution in [0.3, 0.4) is 0 Å². The molecule has 2 aromatic carbocycles. The monoisotopic (exact) mass is 356 g/mol. The van der Waals surface area contributed by atoms with Crippen LogP contribution in [0.5, 0.6) is 17.2 Å². The maximum atomic E-state index is 12.4. The van der Waals surface area contributed by atoms with E-state index < -0.39 is 0 Å². The van der Waals surface area contributed by atoms with Crippen molar-refractivity contribution in [2.24, 2.45) is 0 Å². The van der Waals surface area contributed by atoms with Crippen molar-refractivity contribution in [2.75, 3.05) is 25.6 Å². The number of methoxy groups -OCH3 is 1. The predicted octanol–water partition coefficient (Wildman–Crippen LogP) is 2.35. The third-order valence-corrected chi connectivity index (χ3v) is 3.86. The lowest BCUT2D eigenvalue weighted by atomic mass is 10.1. The van der Waals surface area contributed by atoms with Gasteiger partial charge in [0.25, 0.3) is 11.8 Å². The molecule has 0 saturated heterocycles. The first kappa shape index (κ1) is 17.6. The van der Waals surface area contributed by atoms with E-state index in [0.717, 1.165) is 5.56 Å². The van der Waals surface area contributed by atoms with E-state index in [2.05, 4.69) is 10.6 Å². The van der Waals surface area contributed by atoms with Gasteiger partial charge in [-0.2, -0.15) is 0 Å². The van der Waals surface area contributed by atoms with Gasteiger partial charge in [0.15, 0.2) is 18.1 Å². The van der Waals surface area contributed by atoms with Crippen LogP contribution in [0.1, 0.15) is 22.8 Å². The van der Waals surface area contributed by atoms with Crippen LogP contribution in [0.15, 0.2) is 36.4 Å². The van der Waals surface area contributed by atoms with Gasteiger partial charge in [-0.05, 0) is 42.8 Å². The van der Waals surface area contributed by atoms with Crippen molar-refractivity contribution in [2.45, 2.75) is 13.5 Å². The highest BCUT2D eigenvalue weighted by Gasteiger charge is 2.17. The Morgan fingerprint density at radius 2 is 2.08 bits per heavy atom. The average Bonchev–Trinajstić information content (AvgIpc) is 2.66. The van der Waals surface area contributed by atoms with Gasteiger partial charge in [0, 0.05) is 12.1 Å². The molecule has 0 saturated carbocycles. The van der Waals surface area contributed by atoms with Gasteiger partial charge in [0.1, 0.15) is 5.75 Å². The van der Waals surface area contributed by atoms with Crippen LogP contribution < -0.4 is 24.8 Å². The van der Waals surface area contributed by atoms with Gasteiger partial charge in [0.2, 0.25) is 0 Å². The number of rotatable bonds is 6. The molecule has 0 spiro atoms. The SMILES string of the molecule is CCOc1ccc(CNC(=O)c2ccc3c(c2)NC(=O)CO3)cc1OC. The lowest BCUT2D eigenvalue weighted by Gasteiger charge is -2.18. The number of fused-ring (bicyclic) bond motifs is 1. The summed E-state index contributed by atoms with van der Waals surface area (Å²) in [5, 5.41) is 5.54. The largest absolute Gasteiger partial charge is 0.493 e. The molecule has 2 aromatic rings. The predicted molar refractivity (Wildman–Crippen MR) is 95.9 cm³/mol. The summed E-state index contributed by atoms with van der Waals surface area (Å²) in [6.07, 6.45) is 0. The summed E-state index contributed by atoms with van der Waals surface area (Å²) in [6.45, 7) is 2.77. The summed E-state index contributed by atoms with van der Waals surface area (Å²) in [4.78, 5) is 23.8. The number of carbonyl (C=O) groups excluding carboxylic acids is 2. The number of anilines is 1. The quantitative estimate of drug-likeness (QED) is 0.830. The molecule has 7 nitrogen and oxygen atoms in total. The van der Waals surface area contributed by atoms with Crippen molar-refractivity contribution in [3.8, 4) is 17.2 Å². The second-order valence-corrected chi connectivity index (χ2v) is 5.65. The minimum atomic E-state index is -0.250. The maximum Gasteiger partial charge on any atom is 0.262 e. The Bertz CT molecular complexity index is 835. The lowest BCUT2D eigenvalue weighted by molar-refractivity contribution is -0.118.